The molecule has 0 rings (SSSR count). The Balaban J connectivity index is 5.00. The molecular weight excluding hydrogens is 330 g/mol. The van der Waals surface area contributed by atoms with Gasteiger partial charge in [-0.2, -0.15) is 12.6 Å². The summed E-state index contributed by atoms with van der Waals surface area (Å²) in [5, 5.41) is 13.6. The molecule has 24 heavy (non-hydrogen) atoms. The van der Waals surface area contributed by atoms with Crippen molar-refractivity contribution in [1.82, 2.24) is 10.6 Å². The number of hydrogen-bond acceptors (Lipinski definition) is 5. The van der Waals surface area contributed by atoms with Crippen molar-refractivity contribution in [1.29, 1.82) is 0 Å². The molecule has 0 aliphatic carbocycles. The number of carboxylic acids is 1. The van der Waals surface area contributed by atoms with Crippen molar-refractivity contribution in [3.8, 4) is 0 Å². The quantitative estimate of drug-likeness (QED) is 0.260. The van der Waals surface area contributed by atoms with Crippen LogP contribution in [-0.4, -0.2) is 47.8 Å². The first kappa shape index (κ1) is 22.7. The van der Waals surface area contributed by atoms with Crippen LogP contribution in [0.5, 0.6) is 0 Å². The third kappa shape index (κ3) is 9.12. The highest BCUT2D eigenvalue weighted by molar-refractivity contribution is 7.81. The van der Waals surface area contributed by atoms with Gasteiger partial charge in [0.2, 0.25) is 11.8 Å². The number of nitrogens with one attached hydrogen (secondary N) is 2. The molecule has 140 valence electrons. The van der Waals surface area contributed by atoms with Crippen LogP contribution < -0.4 is 16.4 Å². The number of carbonyl (C=O) groups is 3. The smallest absolute Gasteiger partial charge is 0.304 e. The van der Waals surface area contributed by atoms with E-state index in [1.54, 1.807) is 0 Å². The molecule has 0 saturated carbocycles. The van der Waals surface area contributed by atoms with Crippen molar-refractivity contribution in [3.63, 3.8) is 0 Å². The number of amides is 2. The Morgan fingerprint density at radius 1 is 1.17 bits per heavy atom. The summed E-state index contributed by atoms with van der Waals surface area (Å²) in [5.74, 6) is -1.95. The zero-order valence-corrected chi connectivity index (χ0v) is 15.6. The molecule has 0 heterocycles. The fourth-order valence-electron chi connectivity index (χ4n) is 2.48. The van der Waals surface area contributed by atoms with Gasteiger partial charge < -0.3 is 21.5 Å². The van der Waals surface area contributed by atoms with E-state index in [0.717, 1.165) is 12.8 Å². The van der Waals surface area contributed by atoms with Crippen LogP contribution in [-0.2, 0) is 14.4 Å². The summed E-state index contributed by atoms with van der Waals surface area (Å²) in [7, 11) is 1.52. The maximum absolute atomic E-state index is 12.6. The third-order valence-corrected chi connectivity index (χ3v) is 4.28. The van der Waals surface area contributed by atoms with Crippen LogP contribution in [0.1, 0.15) is 46.0 Å². The molecule has 0 saturated heterocycles. The van der Waals surface area contributed by atoms with Crippen LogP contribution in [0.15, 0.2) is 0 Å². The lowest BCUT2D eigenvalue weighted by molar-refractivity contribution is -0.137. The minimum atomic E-state index is -0.998. The number of rotatable bonds is 12. The molecule has 3 unspecified atom stereocenters. The highest BCUT2D eigenvalue weighted by Gasteiger charge is 2.31. The molecule has 2 amide bonds. The number of carbonyl (C=O) groups excluding carboxylic acids is 2. The number of thiol groups is 1. The number of unbranched alkanes of at least 4 members (excludes halogenated alkanes) is 1. The van der Waals surface area contributed by atoms with Crippen molar-refractivity contribution in [3.05, 3.63) is 0 Å². The first-order valence-corrected chi connectivity index (χ1v) is 8.86. The van der Waals surface area contributed by atoms with Gasteiger partial charge in [-0.1, -0.05) is 13.8 Å². The molecule has 0 fully saturated rings. The highest BCUT2D eigenvalue weighted by Crippen LogP contribution is 2.23. The van der Waals surface area contributed by atoms with Crippen molar-refractivity contribution < 1.29 is 19.5 Å². The fourth-order valence-corrected chi connectivity index (χ4v) is 2.90. The number of carboxylic acid groups (broad SMARTS) is 1. The molecular formula is C16H31N3O4S. The topological polar surface area (TPSA) is 122 Å². The fraction of sp³-hybridized carbons (Fsp3) is 0.812. The largest absolute Gasteiger partial charge is 0.481 e. The molecule has 3 atom stereocenters. The lowest BCUT2D eigenvalue weighted by Crippen LogP contribution is -2.49. The summed E-state index contributed by atoms with van der Waals surface area (Å²) >= 11 is 4.30. The Morgan fingerprint density at radius 2 is 1.79 bits per heavy atom. The second-order valence-corrected chi connectivity index (χ2v) is 7.02. The van der Waals surface area contributed by atoms with E-state index in [-0.39, 0.29) is 24.2 Å². The molecule has 8 heteroatoms. The highest BCUT2D eigenvalue weighted by atomic mass is 32.1. The normalized spacial score (nSPS) is 14.8. The molecule has 5 N–H and O–H groups in total. The molecule has 7 nitrogen and oxygen atoms in total. The molecule has 0 spiro atoms. The van der Waals surface area contributed by atoms with Crippen LogP contribution in [0.25, 0.3) is 0 Å². The first-order valence-electron chi connectivity index (χ1n) is 8.34. The zero-order valence-electron chi connectivity index (χ0n) is 14.7. The van der Waals surface area contributed by atoms with E-state index in [1.807, 2.05) is 13.8 Å². The minimum absolute atomic E-state index is 0.203. The van der Waals surface area contributed by atoms with Crippen molar-refractivity contribution in [2.45, 2.75) is 57.2 Å². The summed E-state index contributed by atoms with van der Waals surface area (Å²) in [6.07, 6.45) is 2.30. The SMILES string of the molecule is CNC(=O)C(CCCCN)NC(=O)C(CC(C)C)C(S)CC(=O)O. The zero-order chi connectivity index (χ0) is 18.7. The average molecular weight is 362 g/mol. The molecule has 0 aliphatic rings. The molecule has 0 aliphatic heterocycles. The van der Waals surface area contributed by atoms with Gasteiger partial charge in [-0.05, 0) is 38.1 Å². The molecule has 0 bridgehead atoms. The van der Waals surface area contributed by atoms with E-state index in [9.17, 15) is 14.4 Å². The summed E-state index contributed by atoms with van der Waals surface area (Å²) < 4.78 is 0. The second kappa shape index (κ2) is 12.1. The maximum Gasteiger partial charge on any atom is 0.304 e. The van der Waals surface area contributed by atoms with Crippen molar-refractivity contribution >= 4 is 30.4 Å². The molecule has 0 aromatic heterocycles. The predicted octanol–water partition coefficient (Wildman–Crippen LogP) is 0.782. The van der Waals surface area contributed by atoms with Crippen molar-refractivity contribution in [2.75, 3.05) is 13.6 Å². The Hall–Kier alpha value is -1.28. The van der Waals surface area contributed by atoms with Crippen LogP contribution >= 0.6 is 12.6 Å². The van der Waals surface area contributed by atoms with Gasteiger partial charge in [-0.15, -0.1) is 0 Å². The van der Waals surface area contributed by atoms with Crippen LogP contribution in [0.2, 0.25) is 0 Å². The number of nitrogens with two attached hydrogens (primary N) is 1. The Labute approximate surface area is 149 Å². The van der Waals surface area contributed by atoms with E-state index in [2.05, 4.69) is 23.3 Å². The van der Waals surface area contributed by atoms with Crippen molar-refractivity contribution in [2.24, 2.45) is 17.6 Å². The second-order valence-electron chi connectivity index (χ2n) is 6.36. The summed E-state index contributed by atoms with van der Waals surface area (Å²) in [4.78, 5) is 35.5. The maximum atomic E-state index is 12.6. The van der Waals surface area contributed by atoms with Gasteiger partial charge in [0.05, 0.1) is 12.3 Å². The van der Waals surface area contributed by atoms with Crippen LogP contribution in [0.4, 0.5) is 0 Å². The Morgan fingerprint density at radius 3 is 2.25 bits per heavy atom. The van der Waals surface area contributed by atoms with Gasteiger partial charge in [-0.3, -0.25) is 14.4 Å². The van der Waals surface area contributed by atoms with Gasteiger partial charge in [-0.25, -0.2) is 0 Å². The predicted molar refractivity (Wildman–Crippen MR) is 96.9 cm³/mol. The number of likely N-dealkylation sites (N-methyl/N-ethyl adjacent to an activating group) is 1. The first-order chi connectivity index (χ1) is 11.2. The Kier molecular flexibility index (Phi) is 11.5. The summed E-state index contributed by atoms with van der Waals surface area (Å²) in [6.45, 7) is 4.44. The third-order valence-electron chi connectivity index (χ3n) is 3.74. The lowest BCUT2D eigenvalue weighted by Gasteiger charge is -2.26. The lowest BCUT2D eigenvalue weighted by atomic mass is 9.91. The van der Waals surface area contributed by atoms with Gasteiger partial charge in [0, 0.05) is 12.3 Å². The van der Waals surface area contributed by atoms with E-state index in [0.29, 0.717) is 19.4 Å². The van der Waals surface area contributed by atoms with Crippen LogP contribution in [0.3, 0.4) is 0 Å². The molecule has 0 aromatic carbocycles. The van der Waals surface area contributed by atoms with Crippen LogP contribution in [0, 0.1) is 11.8 Å². The van der Waals surface area contributed by atoms with Gasteiger partial charge in [0.15, 0.2) is 0 Å². The molecule has 0 radical (unpaired) electrons. The number of aliphatic carboxylic acids is 1. The average Bonchev–Trinajstić information content (AvgIpc) is 2.49. The van der Waals surface area contributed by atoms with E-state index < -0.39 is 23.2 Å². The Bertz CT molecular complexity index is 418. The van der Waals surface area contributed by atoms with E-state index in [4.69, 9.17) is 10.8 Å². The van der Waals surface area contributed by atoms with E-state index in [1.165, 1.54) is 7.05 Å². The monoisotopic (exact) mass is 361 g/mol. The standard InChI is InChI=1S/C16H31N3O4S/c1-10(2)8-11(13(24)9-14(20)21)15(22)19-12(16(23)18-3)6-4-5-7-17/h10-13,24H,4-9,17H2,1-3H3,(H,18,23)(H,19,22)(H,20,21). The summed E-state index contributed by atoms with van der Waals surface area (Å²) in [6, 6.07) is -0.644. The molecule has 0 aromatic rings. The van der Waals surface area contributed by atoms with E-state index >= 15 is 0 Å². The minimum Gasteiger partial charge on any atom is -0.481 e. The number of hydrogen-bond donors (Lipinski definition) is 5. The summed E-state index contributed by atoms with van der Waals surface area (Å²) in [5.41, 5.74) is 5.46. The van der Waals surface area contributed by atoms with Gasteiger partial charge in [0.25, 0.3) is 0 Å². The van der Waals surface area contributed by atoms with Gasteiger partial charge in [0.1, 0.15) is 6.04 Å². The van der Waals surface area contributed by atoms with Gasteiger partial charge >= 0.3 is 5.97 Å².